The lowest BCUT2D eigenvalue weighted by Crippen LogP contribution is -2.04. The Kier molecular flexibility index (Phi) is 4.58. The maximum atomic E-state index is 6.46. The largest absolute Gasteiger partial charge is 0.496 e. The lowest BCUT2D eigenvalue weighted by atomic mass is 10.1. The fourth-order valence-electron chi connectivity index (χ4n) is 3.12. The Morgan fingerprint density at radius 2 is 1.73 bits per heavy atom. The summed E-state index contributed by atoms with van der Waals surface area (Å²) in [4.78, 5) is 4.82. The number of hydrogen-bond donors (Lipinski definition) is 0. The summed E-state index contributed by atoms with van der Waals surface area (Å²) < 4.78 is 7.67. The predicted molar refractivity (Wildman–Crippen MR) is 107 cm³/mol. The molecule has 26 heavy (non-hydrogen) atoms. The number of hydrogen-bond acceptors (Lipinski definition) is 2. The van der Waals surface area contributed by atoms with Crippen molar-refractivity contribution in [3.05, 3.63) is 82.3 Å². The lowest BCUT2D eigenvalue weighted by Gasteiger charge is -2.13. The van der Waals surface area contributed by atoms with Crippen LogP contribution in [0.15, 0.2) is 66.7 Å². The van der Waals surface area contributed by atoms with Gasteiger partial charge in [0.2, 0.25) is 0 Å². The molecule has 130 valence electrons. The molecule has 3 nitrogen and oxygen atoms in total. The average molecular weight is 383 g/mol. The summed E-state index contributed by atoms with van der Waals surface area (Å²) in [5.41, 5.74) is 3.88. The molecule has 4 rings (SSSR count). The summed E-state index contributed by atoms with van der Waals surface area (Å²) in [6.07, 6.45) is 0. The van der Waals surface area contributed by atoms with E-state index in [9.17, 15) is 0 Å². The molecule has 0 fully saturated rings. The molecule has 0 unspecified atom stereocenters. The molecule has 0 atom stereocenters. The molecule has 0 aliphatic carbocycles. The highest BCUT2D eigenvalue weighted by Crippen LogP contribution is 2.33. The van der Waals surface area contributed by atoms with Gasteiger partial charge in [0.1, 0.15) is 11.6 Å². The third-order valence-corrected chi connectivity index (χ3v) is 4.90. The van der Waals surface area contributed by atoms with Gasteiger partial charge in [0, 0.05) is 16.1 Å². The molecule has 0 spiro atoms. The minimum atomic E-state index is 0.578. The number of nitrogens with zero attached hydrogens (tertiary/aromatic N) is 2. The second kappa shape index (κ2) is 7.02. The zero-order valence-electron chi connectivity index (χ0n) is 14.1. The molecule has 4 aromatic rings. The van der Waals surface area contributed by atoms with Gasteiger partial charge in [-0.05, 0) is 36.4 Å². The van der Waals surface area contributed by atoms with Crippen molar-refractivity contribution in [3.63, 3.8) is 0 Å². The van der Waals surface area contributed by atoms with E-state index in [-0.39, 0.29) is 0 Å². The van der Waals surface area contributed by atoms with E-state index >= 15 is 0 Å². The summed E-state index contributed by atoms with van der Waals surface area (Å²) in [7, 11) is 1.68. The number of aromatic nitrogens is 2. The van der Waals surface area contributed by atoms with Crippen LogP contribution in [0, 0.1) is 0 Å². The fraction of sp³-hybridized carbons (Fsp3) is 0.0952. The van der Waals surface area contributed by atoms with Crippen LogP contribution in [0.4, 0.5) is 0 Å². The Bertz CT molecular complexity index is 1090. The summed E-state index contributed by atoms with van der Waals surface area (Å²) in [6.45, 7) is 0.624. The molecule has 0 saturated carbocycles. The van der Waals surface area contributed by atoms with Crippen LogP contribution < -0.4 is 4.74 Å². The van der Waals surface area contributed by atoms with Crippen LogP contribution >= 0.6 is 23.2 Å². The first-order valence-corrected chi connectivity index (χ1v) is 8.95. The topological polar surface area (TPSA) is 27.1 Å². The van der Waals surface area contributed by atoms with Crippen LogP contribution in [-0.4, -0.2) is 16.7 Å². The molecule has 1 aromatic heterocycles. The molecule has 0 radical (unpaired) electrons. The van der Waals surface area contributed by atoms with E-state index in [4.69, 9.17) is 32.9 Å². The molecule has 5 heteroatoms. The Morgan fingerprint density at radius 3 is 2.54 bits per heavy atom. The number of benzene rings is 3. The van der Waals surface area contributed by atoms with Gasteiger partial charge in [-0.2, -0.15) is 0 Å². The van der Waals surface area contributed by atoms with Crippen molar-refractivity contribution in [3.8, 4) is 17.1 Å². The van der Waals surface area contributed by atoms with Gasteiger partial charge in [0.15, 0.2) is 0 Å². The summed E-state index contributed by atoms with van der Waals surface area (Å²) in [5.74, 6) is 1.65. The third-order valence-electron chi connectivity index (χ3n) is 4.35. The number of ether oxygens (including phenoxy) is 1. The molecule has 1 heterocycles. The smallest absolute Gasteiger partial charge is 0.142 e. The molecule has 0 bridgehead atoms. The second-order valence-corrected chi connectivity index (χ2v) is 6.79. The van der Waals surface area contributed by atoms with Crippen molar-refractivity contribution in [2.24, 2.45) is 0 Å². The Balaban J connectivity index is 1.92. The van der Waals surface area contributed by atoms with Gasteiger partial charge in [-0.15, -0.1) is 0 Å². The third kappa shape index (κ3) is 3.05. The maximum absolute atomic E-state index is 6.46. The van der Waals surface area contributed by atoms with Gasteiger partial charge in [0.25, 0.3) is 0 Å². The monoisotopic (exact) mass is 382 g/mol. The van der Waals surface area contributed by atoms with Crippen molar-refractivity contribution in [1.29, 1.82) is 0 Å². The SMILES string of the molecule is COc1ccccc1Cn1c(-c2ccc(Cl)cc2Cl)nc2ccccc21. The fourth-order valence-corrected chi connectivity index (χ4v) is 3.61. The Morgan fingerprint density at radius 1 is 0.962 bits per heavy atom. The number of para-hydroxylation sites is 3. The van der Waals surface area contributed by atoms with Crippen molar-refractivity contribution in [1.82, 2.24) is 9.55 Å². The Hall–Kier alpha value is -2.49. The van der Waals surface area contributed by atoms with Gasteiger partial charge in [-0.3, -0.25) is 0 Å². The van der Waals surface area contributed by atoms with Crippen LogP contribution in [0.5, 0.6) is 5.75 Å². The molecular formula is C21H16Cl2N2O. The minimum absolute atomic E-state index is 0.578. The molecular weight excluding hydrogens is 367 g/mol. The van der Waals surface area contributed by atoms with Gasteiger partial charge in [0.05, 0.1) is 29.7 Å². The molecule has 0 saturated heterocycles. The van der Waals surface area contributed by atoms with Crippen molar-refractivity contribution < 1.29 is 4.74 Å². The number of fused-ring (bicyclic) bond motifs is 1. The van der Waals surface area contributed by atoms with Gasteiger partial charge >= 0.3 is 0 Å². The highest BCUT2D eigenvalue weighted by Gasteiger charge is 2.16. The summed E-state index contributed by atoms with van der Waals surface area (Å²) in [6, 6.07) is 21.5. The second-order valence-electron chi connectivity index (χ2n) is 5.95. The van der Waals surface area contributed by atoms with Crippen molar-refractivity contribution in [2.75, 3.05) is 7.11 Å². The predicted octanol–water partition coefficient (Wildman–Crippen LogP) is 6.07. The molecule has 0 amide bonds. The average Bonchev–Trinajstić information content (AvgIpc) is 3.00. The molecule has 3 aromatic carbocycles. The minimum Gasteiger partial charge on any atom is -0.496 e. The van der Waals surface area contributed by atoms with Crippen molar-refractivity contribution >= 4 is 34.2 Å². The zero-order chi connectivity index (χ0) is 18.1. The van der Waals surface area contributed by atoms with E-state index in [0.717, 1.165) is 33.7 Å². The van der Waals surface area contributed by atoms with Crippen LogP contribution in [0.1, 0.15) is 5.56 Å². The van der Waals surface area contributed by atoms with E-state index in [1.807, 2.05) is 48.5 Å². The van der Waals surface area contributed by atoms with E-state index in [0.29, 0.717) is 16.6 Å². The highest BCUT2D eigenvalue weighted by atomic mass is 35.5. The quantitative estimate of drug-likeness (QED) is 0.428. The number of imidazole rings is 1. The first-order chi connectivity index (χ1) is 12.7. The number of methoxy groups -OCH3 is 1. The van der Waals surface area contributed by atoms with E-state index in [2.05, 4.69) is 16.7 Å². The lowest BCUT2D eigenvalue weighted by molar-refractivity contribution is 0.408. The van der Waals surface area contributed by atoms with Crippen LogP contribution in [0.25, 0.3) is 22.4 Å². The summed E-state index contributed by atoms with van der Waals surface area (Å²) >= 11 is 12.5. The van der Waals surface area contributed by atoms with Crippen LogP contribution in [-0.2, 0) is 6.54 Å². The Labute approximate surface area is 161 Å². The van der Waals surface area contributed by atoms with Crippen molar-refractivity contribution in [2.45, 2.75) is 6.54 Å². The van der Waals surface area contributed by atoms with Gasteiger partial charge < -0.3 is 9.30 Å². The van der Waals surface area contributed by atoms with Crippen LogP contribution in [0.2, 0.25) is 10.0 Å². The van der Waals surface area contributed by atoms with Gasteiger partial charge in [-0.1, -0.05) is 53.5 Å². The molecule has 0 N–H and O–H groups in total. The highest BCUT2D eigenvalue weighted by molar-refractivity contribution is 6.36. The normalized spacial score (nSPS) is 11.0. The maximum Gasteiger partial charge on any atom is 0.142 e. The first kappa shape index (κ1) is 17.0. The van der Waals surface area contributed by atoms with E-state index in [1.165, 1.54) is 0 Å². The van der Waals surface area contributed by atoms with E-state index in [1.54, 1.807) is 13.2 Å². The summed E-state index contributed by atoms with van der Waals surface area (Å²) in [5, 5.41) is 1.18. The van der Waals surface area contributed by atoms with E-state index < -0.39 is 0 Å². The molecule has 0 aliphatic rings. The standard InChI is InChI=1S/C21H16Cl2N2O/c1-26-20-9-5-2-6-14(20)13-25-19-8-4-3-7-18(19)24-21(25)16-11-10-15(22)12-17(16)23/h2-12H,13H2,1H3. The number of halogens is 2. The van der Waals surface area contributed by atoms with Gasteiger partial charge in [-0.25, -0.2) is 4.98 Å². The first-order valence-electron chi connectivity index (χ1n) is 8.20. The number of rotatable bonds is 4. The van der Waals surface area contributed by atoms with Crippen LogP contribution in [0.3, 0.4) is 0 Å². The molecule has 0 aliphatic heterocycles. The zero-order valence-corrected chi connectivity index (χ0v) is 15.6.